The van der Waals surface area contributed by atoms with Crippen LogP contribution in [0.5, 0.6) is 0 Å². The summed E-state index contributed by atoms with van der Waals surface area (Å²) in [6.07, 6.45) is 3.64. The maximum atomic E-state index is 13.1. The molecular weight excluding hydrogens is 408 g/mol. The lowest BCUT2D eigenvalue weighted by atomic mass is 10.1. The van der Waals surface area contributed by atoms with E-state index in [-0.39, 0.29) is 0 Å². The van der Waals surface area contributed by atoms with Crippen LogP contribution < -0.4 is 9.62 Å². The number of anilines is 2. The lowest BCUT2D eigenvalue weighted by Gasteiger charge is -2.27. The molecule has 162 valence electrons. The van der Waals surface area contributed by atoms with Crippen LogP contribution in [-0.4, -0.2) is 31.7 Å². The van der Waals surface area contributed by atoms with Crippen LogP contribution in [0.3, 0.4) is 0 Å². The SMILES string of the molecule is Cc1cc(C)c(S(=O)(=O)Nc2cccc(-c3ccc(N4CCCCC4)nn3)c2)c(C)c1. The minimum Gasteiger partial charge on any atom is -0.355 e. The van der Waals surface area contributed by atoms with Gasteiger partial charge >= 0.3 is 0 Å². The van der Waals surface area contributed by atoms with E-state index in [1.54, 1.807) is 12.1 Å². The van der Waals surface area contributed by atoms with Gasteiger partial charge in [-0.15, -0.1) is 10.2 Å². The second-order valence-corrected chi connectivity index (χ2v) is 9.86. The van der Waals surface area contributed by atoms with Gasteiger partial charge in [-0.25, -0.2) is 8.42 Å². The van der Waals surface area contributed by atoms with Crippen LogP contribution in [0.2, 0.25) is 0 Å². The van der Waals surface area contributed by atoms with Gasteiger partial charge in [0.1, 0.15) is 0 Å². The van der Waals surface area contributed by atoms with Crippen molar-refractivity contribution < 1.29 is 8.42 Å². The van der Waals surface area contributed by atoms with Crippen molar-refractivity contribution in [1.82, 2.24) is 10.2 Å². The Morgan fingerprint density at radius 2 is 1.58 bits per heavy atom. The summed E-state index contributed by atoms with van der Waals surface area (Å²) < 4.78 is 28.9. The molecule has 6 nitrogen and oxygen atoms in total. The van der Waals surface area contributed by atoms with Gasteiger partial charge in [0.2, 0.25) is 0 Å². The number of nitrogens with zero attached hydrogens (tertiary/aromatic N) is 3. The van der Waals surface area contributed by atoms with Gasteiger partial charge in [-0.3, -0.25) is 4.72 Å². The second kappa shape index (κ2) is 8.67. The molecule has 0 unspecified atom stereocenters. The average Bonchev–Trinajstić information content (AvgIpc) is 2.73. The van der Waals surface area contributed by atoms with E-state index in [1.807, 2.05) is 57.2 Å². The number of hydrogen-bond donors (Lipinski definition) is 1. The lowest BCUT2D eigenvalue weighted by Crippen LogP contribution is -2.30. The Bertz CT molecular complexity index is 1160. The van der Waals surface area contributed by atoms with Crippen LogP contribution in [0, 0.1) is 20.8 Å². The molecule has 1 saturated heterocycles. The number of benzene rings is 2. The molecule has 1 aliphatic rings. The van der Waals surface area contributed by atoms with E-state index in [4.69, 9.17) is 0 Å². The van der Waals surface area contributed by atoms with Crippen molar-refractivity contribution in [3.05, 3.63) is 65.2 Å². The summed E-state index contributed by atoms with van der Waals surface area (Å²) >= 11 is 0. The number of piperidine rings is 1. The summed E-state index contributed by atoms with van der Waals surface area (Å²) in [6.45, 7) is 7.64. The Morgan fingerprint density at radius 1 is 0.871 bits per heavy atom. The molecule has 0 amide bonds. The number of aryl methyl sites for hydroxylation is 3. The first kappa shape index (κ1) is 21.3. The van der Waals surface area contributed by atoms with Gasteiger partial charge in [-0.05, 0) is 75.4 Å². The summed E-state index contributed by atoms with van der Waals surface area (Å²) in [6, 6.07) is 15.0. The monoisotopic (exact) mass is 436 g/mol. The Hall–Kier alpha value is -2.93. The zero-order chi connectivity index (χ0) is 22.0. The Kier molecular flexibility index (Phi) is 5.96. The van der Waals surface area contributed by atoms with Gasteiger partial charge in [0, 0.05) is 24.3 Å². The predicted molar refractivity (Wildman–Crippen MR) is 125 cm³/mol. The molecule has 0 radical (unpaired) electrons. The molecule has 3 aromatic rings. The standard InChI is InChI=1S/C24H28N4O2S/c1-17-14-18(2)24(19(3)15-17)31(29,30)27-21-9-7-8-20(16-21)22-10-11-23(26-25-22)28-12-5-4-6-13-28/h7-11,14-16,27H,4-6,12-13H2,1-3H3. The smallest absolute Gasteiger partial charge is 0.262 e. The van der Waals surface area contributed by atoms with Crippen molar-refractivity contribution in [1.29, 1.82) is 0 Å². The molecule has 1 aliphatic heterocycles. The molecule has 0 saturated carbocycles. The van der Waals surface area contributed by atoms with E-state index in [0.717, 1.165) is 41.2 Å². The Labute approximate surface area is 184 Å². The number of aromatic nitrogens is 2. The van der Waals surface area contributed by atoms with Crippen molar-refractivity contribution >= 4 is 21.5 Å². The highest BCUT2D eigenvalue weighted by molar-refractivity contribution is 7.92. The molecule has 2 aromatic carbocycles. The fourth-order valence-electron chi connectivity index (χ4n) is 4.31. The molecule has 4 rings (SSSR count). The van der Waals surface area contributed by atoms with E-state index in [1.165, 1.54) is 19.3 Å². The normalized spacial score (nSPS) is 14.5. The Balaban J connectivity index is 1.57. The van der Waals surface area contributed by atoms with Crippen molar-refractivity contribution in [2.75, 3.05) is 22.7 Å². The van der Waals surface area contributed by atoms with Crippen LogP contribution in [0.15, 0.2) is 53.4 Å². The molecular formula is C24H28N4O2S. The van der Waals surface area contributed by atoms with Gasteiger partial charge in [0.15, 0.2) is 5.82 Å². The molecule has 0 aliphatic carbocycles. The van der Waals surface area contributed by atoms with Crippen molar-refractivity contribution in [2.24, 2.45) is 0 Å². The van der Waals surface area contributed by atoms with Crippen LogP contribution in [0.25, 0.3) is 11.3 Å². The van der Waals surface area contributed by atoms with E-state index in [2.05, 4.69) is 19.8 Å². The van der Waals surface area contributed by atoms with E-state index in [9.17, 15) is 8.42 Å². The summed E-state index contributed by atoms with van der Waals surface area (Å²) in [4.78, 5) is 2.59. The van der Waals surface area contributed by atoms with E-state index >= 15 is 0 Å². The highest BCUT2D eigenvalue weighted by Gasteiger charge is 2.20. The first-order chi connectivity index (χ1) is 14.8. The highest BCUT2D eigenvalue weighted by Crippen LogP contribution is 2.27. The van der Waals surface area contributed by atoms with Gasteiger partial charge in [0.05, 0.1) is 10.6 Å². The predicted octanol–water partition coefficient (Wildman–Crippen LogP) is 4.86. The highest BCUT2D eigenvalue weighted by atomic mass is 32.2. The summed E-state index contributed by atoms with van der Waals surface area (Å²) in [5.74, 6) is 0.894. The maximum absolute atomic E-state index is 13.1. The third kappa shape index (κ3) is 4.71. The average molecular weight is 437 g/mol. The molecule has 7 heteroatoms. The van der Waals surface area contributed by atoms with Gasteiger partial charge < -0.3 is 4.90 Å². The second-order valence-electron chi connectivity index (χ2n) is 8.24. The minimum atomic E-state index is -3.70. The van der Waals surface area contributed by atoms with E-state index in [0.29, 0.717) is 16.3 Å². The maximum Gasteiger partial charge on any atom is 0.262 e. The number of rotatable bonds is 5. The first-order valence-electron chi connectivity index (χ1n) is 10.6. The topological polar surface area (TPSA) is 75.2 Å². The molecule has 1 fully saturated rings. The van der Waals surface area contributed by atoms with Gasteiger partial charge in [-0.2, -0.15) is 0 Å². The third-order valence-corrected chi connectivity index (χ3v) is 7.30. The number of sulfonamides is 1. The fourth-order valence-corrected chi connectivity index (χ4v) is 5.81. The minimum absolute atomic E-state index is 0.328. The Morgan fingerprint density at radius 3 is 2.23 bits per heavy atom. The first-order valence-corrected chi connectivity index (χ1v) is 12.1. The van der Waals surface area contributed by atoms with Crippen LogP contribution in [-0.2, 0) is 10.0 Å². The van der Waals surface area contributed by atoms with Gasteiger partial charge in [0.25, 0.3) is 10.0 Å². The van der Waals surface area contributed by atoms with Crippen LogP contribution >= 0.6 is 0 Å². The van der Waals surface area contributed by atoms with Crippen molar-refractivity contribution in [3.8, 4) is 11.3 Å². The van der Waals surface area contributed by atoms with Crippen molar-refractivity contribution in [2.45, 2.75) is 44.9 Å². The summed E-state index contributed by atoms with van der Waals surface area (Å²) in [7, 11) is -3.70. The number of hydrogen-bond acceptors (Lipinski definition) is 5. The largest absolute Gasteiger partial charge is 0.355 e. The van der Waals surface area contributed by atoms with E-state index < -0.39 is 10.0 Å². The molecule has 0 bridgehead atoms. The van der Waals surface area contributed by atoms with Crippen molar-refractivity contribution in [3.63, 3.8) is 0 Å². The molecule has 2 heterocycles. The summed E-state index contributed by atoms with van der Waals surface area (Å²) in [5, 5.41) is 8.79. The lowest BCUT2D eigenvalue weighted by molar-refractivity contribution is 0.571. The molecule has 1 aromatic heterocycles. The molecule has 1 N–H and O–H groups in total. The van der Waals surface area contributed by atoms with Crippen LogP contribution in [0.4, 0.5) is 11.5 Å². The van der Waals surface area contributed by atoms with Gasteiger partial charge in [-0.1, -0.05) is 29.8 Å². The fraction of sp³-hybridized carbons (Fsp3) is 0.333. The molecule has 0 spiro atoms. The zero-order valence-electron chi connectivity index (χ0n) is 18.2. The third-order valence-electron chi connectivity index (χ3n) is 5.61. The quantitative estimate of drug-likeness (QED) is 0.618. The van der Waals surface area contributed by atoms with Crippen LogP contribution in [0.1, 0.15) is 36.0 Å². The number of nitrogens with one attached hydrogen (secondary N) is 1. The summed E-state index contributed by atoms with van der Waals surface area (Å²) in [5.41, 5.74) is 4.54. The molecule has 0 atom stereocenters. The molecule has 31 heavy (non-hydrogen) atoms. The zero-order valence-corrected chi connectivity index (χ0v) is 19.0.